The normalized spacial score (nSPS) is 17.3. The first-order valence-corrected chi connectivity index (χ1v) is 11.9. The molecule has 0 aliphatic carbocycles. The smallest absolute Gasteiger partial charge is 0.191 e. The van der Waals surface area contributed by atoms with Crippen molar-refractivity contribution < 1.29 is 4.39 Å². The van der Waals surface area contributed by atoms with Gasteiger partial charge in [-0.05, 0) is 56.4 Å². The van der Waals surface area contributed by atoms with E-state index < -0.39 is 0 Å². The van der Waals surface area contributed by atoms with Crippen LogP contribution in [-0.4, -0.2) is 58.4 Å². The third kappa shape index (κ3) is 6.35. The first-order valence-electron chi connectivity index (χ1n) is 10.5. The average molecular weight is 434 g/mol. The highest BCUT2D eigenvalue weighted by Crippen LogP contribution is 2.20. The third-order valence-electron chi connectivity index (χ3n) is 5.31. The Labute approximate surface area is 182 Å². The SMILES string of the molecule is CSCCCNC(=NCc1nnc(C)n1C)NC1CCCN(c2cccc(F)c2)C1. The van der Waals surface area contributed by atoms with Crippen molar-refractivity contribution in [3.8, 4) is 0 Å². The van der Waals surface area contributed by atoms with E-state index in [0.29, 0.717) is 6.54 Å². The van der Waals surface area contributed by atoms with Crippen molar-refractivity contribution in [2.24, 2.45) is 12.0 Å². The molecule has 1 aromatic heterocycles. The maximum absolute atomic E-state index is 13.6. The Morgan fingerprint density at radius 1 is 1.37 bits per heavy atom. The number of guanidine groups is 1. The number of rotatable bonds is 8. The zero-order valence-electron chi connectivity index (χ0n) is 18.1. The topological polar surface area (TPSA) is 70.4 Å². The van der Waals surface area contributed by atoms with Gasteiger partial charge in [0.25, 0.3) is 0 Å². The fourth-order valence-corrected chi connectivity index (χ4v) is 3.94. The number of piperidine rings is 1. The fraction of sp³-hybridized carbons (Fsp3) is 0.571. The van der Waals surface area contributed by atoms with Crippen molar-refractivity contribution in [1.29, 1.82) is 0 Å². The van der Waals surface area contributed by atoms with E-state index in [1.54, 1.807) is 12.1 Å². The van der Waals surface area contributed by atoms with Gasteiger partial charge in [-0.25, -0.2) is 9.38 Å². The number of anilines is 1. The minimum Gasteiger partial charge on any atom is -0.369 e. The Kier molecular flexibility index (Phi) is 8.36. The first kappa shape index (κ1) is 22.4. The highest BCUT2D eigenvalue weighted by atomic mass is 32.2. The number of hydrogen-bond donors (Lipinski definition) is 2. The van der Waals surface area contributed by atoms with Gasteiger partial charge in [-0.3, -0.25) is 0 Å². The molecule has 0 spiro atoms. The summed E-state index contributed by atoms with van der Waals surface area (Å²) in [5.41, 5.74) is 0.933. The molecule has 2 aromatic rings. The van der Waals surface area contributed by atoms with Crippen molar-refractivity contribution in [3.63, 3.8) is 0 Å². The minimum atomic E-state index is -0.195. The van der Waals surface area contributed by atoms with Crippen LogP contribution in [0.15, 0.2) is 29.3 Å². The second-order valence-electron chi connectivity index (χ2n) is 7.57. The van der Waals surface area contributed by atoms with Gasteiger partial charge < -0.3 is 20.1 Å². The van der Waals surface area contributed by atoms with Crippen LogP contribution < -0.4 is 15.5 Å². The molecule has 0 saturated carbocycles. The van der Waals surface area contributed by atoms with Gasteiger partial charge in [0.2, 0.25) is 0 Å². The Hall–Kier alpha value is -2.29. The summed E-state index contributed by atoms with van der Waals surface area (Å²) in [5, 5.41) is 15.4. The molecule has 1 aliphatic rings. The van der Waals surface area contributed by atoms with Crippen molar-refractivity contribution in [2.45, 2.75) is 38.8 Å². The predicted octanol–water partition coefficient (Wildman–Crippen LogP) is 2.72. The summed E-state index contributed by atoms with van der Waals surface area (Å²) in [5.74, 6) is 3.42. The highest BCUT2D eigenvalue weighted by Gasteiger charge is 2.21. The second kappa shape index (κ2) is 11.2. The van der Waals surface area contributed by atoms with E-state index in [4.69, 9.17) is 4.99 Å². The summed E-state index contributed by atoms with van der Waals surface area (Å²) in [4.78, 5) is 7.00. The molecule has 164 valence electrons. The molecule has 0 radical (unpaired) electrons. The Bertz CT molecular complexity index is 839. The van der Waals surface area contributed by atoms with Crippen LogP contribution in [0.2, 0.25) is 0 Å². The van der Waals surface area contributed by atoms with Crippen molar-refractivity contribution >= 4 is 23.4 Å². The number of benzene rings is 1. The number of halogens is 1. The second-order valence-corrected chi connectivity index (χ2v) is 8.56. The quantitative estimate of drug-likeness (QED) is 0.379. The van der Waals surface area contributed by atoms with Gasteiger partial charge in [-0.15, -0.1) is 10.2 Å². The van der Waals surface area contributed by atoms with E-state index in [2.05, 4.69) is 32.0 Å². The van der Waals surface area contributed by atoms with Gasteiger partial charge in [-0.2, -0.15) is 11.8 Å². The monoisotopic (exact) mass is 433 g/mol. The highest BCUT2D eigenvalue weighted by molar-refractivity contribution is 7.98. The van der Waals surface area contributed by atoms with Crippen LogP contribution in [0.25, 0.3) is 0 Å². The molecular weight excluding hydrogens is 401 g/mol. The van der Waals surface area contributed by atoms with E-state index in [9.17, 15) is 4.39 Å². The molecule has 0 amide bonds. The van der Waals surface area contributed by atoms with Crippen LogP contribution in [0.4, 0.5) is 10.1 Å². The van der Waals surface area contributed by atoms with Crippen molar-refractivity contribution in [1.82, 2.24) is 25.4 Å². The molecule has 1 atom stereocenters. The number of thioether (sulfide) groups is 1. The number of aromatic nitrogens is 3. The molecule has 1 aromatic carbocycles. The molecule has 1 unspecified atom stereocenters. The van der Waals surface area contributed by atoms with Gasteiger partial charge in [0.1, 0.15) is 18.2 Å². The molecule has 30 heavy (non-hydrogen) atoms. The Balaban J connectivity index is 1.64. The predicted molar refractivity (Wildman–Crippen MR) is 123 cm³/mol. The van der Waals surface area contributed by atoms with Crippen LogP contribution in [0.3, 0.4) is 0 Å². The van der Waals surface area contributed by atoms with Gasteiger partial charge in [0.05, 0.1) is 0 Å². The molecule has 1 aliphatic heterocycles. The standard InChI is InChI=1S/C21H32FN7S/c1-16-26-27-20(28(16)2)14-24-21(23-10-6-12-30-3)25-18-8-5-11-29(15-18)19-9-4-7-17(22)13-19/h4,7,9,13,18H,5-6,8,10-12,14-15H2,1-3H3,(H2,23,24,25). The van der Waals surface area contributed by atoms with Crippen LogP contribution in [0, 0.1) is 12.7 Å². The molecule has 1 saturated heterocycles. The van der Waals surface area contributed by atoms with Gasteiger partial charge in [-0.1, -0.05) is 6.07 Å². The summed E-state index contributed by atoms with van der Waals surface area (Å²) in [6.07, 6.45) is 5.30. The molecule has 3 rings (SSSR count). The fourth-order valence-electron chi connectivity index (χ4n) is 3.51. The largest absolute Gasteiger partial charge is 0.369 e. The first-order chi connectivity index (χ1) is 14.6. The lowest BCUT2D eigenvalue weighted by atomic mass is 10.0. The van der Waals surface area contributed by atoms with E-state index in [1.165, 1.54) is 6.07 Å². The number of nitrogens with zero attached hydrogens (tertiary/aromatic N) is 5. The van der Waals surface area contributed by atoms with Crippen LogP contribution >= 0.6 is 11.8 Å². The average Bonchev–Trinajstić information content (AvgIpc) is 3.07. The lowest BCUT2D eigenvalue weighted by Gasteiger charge is -2.35. The van der Waals surface area contributed by atoms with E-state index in [0.717, 1.165) is 67.9 Å². The molecule has 9 heteroatoms. The maximum Gasteiger partial charge on any atom is 0.191 e. The summed E-state index contributed by atoms with van der Waals surface area (Å²) in [7, 11) is 1.96. The maximum atomic E-state index is 13.6. The zero-order valence-corrected chi connectivity index (χ0v) is 18.9. The molecular formula is C21H32FN7S. The van der Waals surface area contributed by atoms with Gasteiger partial charge in [0.15, 0.2) is 11.8 Å². The summed E-state index contributed by atoms with van der Waals surface area (Å²) < 4.78 is 15.6. The lowest BCUT2D eigenvalue weighted by Crippen LogP contribution is -2.51. The number of aryl methyl sites for hydroxylation is 1. The minimum absolute atomic E-state index is 0.195. The zero-order chi connectivity index (χ0) is 21.3. The van der Waals surface area contributed by atoms with Crippen molar-refractivity contribution in [2.75, 3.05) is 36.5 Å². The lowest BCUT2D eigenvalue weighted by molar-refractivity contribution is 0.467. The van der Waals surface area contributed by atoms with Crippen LogP contribution in [0.1, 0.15) is 30.9 Å². The van der Waals surface area contributed by atoms with Crippen molar-refractivity contribution in [3.05, 3.63) is 41.7 Å². The Morgan fingerprint density at radius 3 is 2.97 bits per heavy atom. The summed E-state index contributed by atoms with van der Waals surface area (Å²) in [6, 6.07) is 7.08. The number of aliphatic imine (C=N–C) groups is 1. The summed E-state index contributed by atoms with van der Waals surface area (Å²) in [6.45, 7) is 5.02. The molecule has 0 bridgehead atoms. The summed E-state index contributed by atoms with van der Waals surface area (Å²) >= 11 is 1.84. The van der Waals surface area contributed by atoms with Gasteiger partial charge in [0, 0.05) is 38.4 Å². The van der Waals surface area contributed by atoms with E-state index >= 15 is 0 Å². The number of hydrogen-bond acceptors (Lipinski definition) is 5. The van der Waals surface area contributed by atoms with E-state index in [1.807, 2.05) is 36.4 Å². The van der Waals surface area contributed by atoms with Crippen LogP contribution in [-0.2, 0) is 13.6 Å². The van der Waals surface area contributed by atoms with Crippen LogP contribution in [0.5, 0.6) is 0 Å². The molecule has 2 N–H and O–H groups in total. The van der Waals surface area contributed by atoms with Gasteiger partial charge >= 0.3 is 0 Å². The molecule has 7 nitrogen and oxygen atoms in total. The number of nitrogens with one attached hydrogen (secondary N) is 2. The third-order valence-corrected chi connectivity index (χ3v) is 6.01. The van der Waals surface area contributed by atoms with E-state index in [-0.39, 0.29) is 11.9 Å². The molecule has 1 fully saturated rings. The Morgan fingerprint density at radius 2 is 2.23 bits per heavy atom. The molecule has 2 heterocycles.